The van der Waals surface area contributed by atoms with Gasteiger partial charge in [-0.3, -0.25) is 14.5 Å². The van der Waals surface area contributed by atoms with Crippen molar-refractivity contribution >= 4 is 23.4 Å². The molecule has 2 unspecified atom stereocenters. The van der Waals surface area contributed by atoms with Gasteiger partial charge in [-0.2, -0.15) is 0 Å². The summed E-state index contributed by atoms with van der Waals surface area (Å²) < 4.78 is 0. The molecule has 2 fully saturated rings. The van der Waals surface area contributed by atoms with Gasteiger partial charge in [0.05, 0.1) is 6.04 Å². The van der Waals surface area contributed by atoms with Gasteiger partial charge in [0.1, 0.15) is 6.04 Å². The van der Waals surface area contributed by atoms with Crippen molar-refractivity contribution in [2.24, 2.45) is 0 Å². The first-order valence-electron chi connectivity index (χ1n) is 8.59. The van der Waals surface area contributed by atoms with Crippen molar-refractivity contribution in [3.05, 3.63) is 34.9 Å². The summed E-state index contributed by atoms with van der Waals surface area (Å²) in [6, 6.07) is 7.64. The molecule has 0 aliphatic carbocycles. The number of hydrogen-bond donors (Lipinski definition) is 1. The van der Waals surface area contributed by atoms with Gasteiger partial charge in [-0.1, -0.05) is 23.7 Å². The molecule has 3 rings (SSSR count). The van der Waals surface area contributed by atoms with Crippen molar-refractivity contribution in [2.45, 2.75) is 37.8 Å². The molecular weight excluding hydrogens is 326 g/mol. The Bertz CT molecular complexity index is 616. The molecule has 0 saturated carbocycles. The molecule has 0 spiro atoms. The molecule has 1 aromatic carbocycles. The minimum atomic E-state index is -0.337. The first kappa shape index (κ1) is 17.2. The molecule has 2 aliphatic heterocycles. The largest absolute Gasteiger partial charge is 0.352 e. The Labute approximate surface area is 147 Å². The summed E-state index contributed by atoms with van der Waals surface area (Å²) >= 11 is 6.15. The summed E-state index contributed by atoms with van der Waals surface area (Å²) in [6.45, 7) is 2.61. The van der Waals surface area contributed by atoms with Crippen molar-refractivity contribution < 1.29 is 9.59 Å². The fourth-order valence-electron chi connectivity index (χ4n) is 3.65. The van der Waals surface area contributed by atoms with Crippen LogP contribution in [0.25, 0.3) is 0 Å². The highest BCUT2D eigenvalue weighted by Crippen LogP contribution is 2.26. The summed E-state index contributed by atoms with van der Waals surface area (Å²) in [7, 11) is 1.70. The third kappa shape index (κ3) is 3.73. The maximum Gasteiger partial charge on any atom is 0.242 e. The number of amides is 2. The molecule has 0 bridgehead atoms. The number of carbonyl (C=O) groups is 2. The molecule has 0 aromatic heterocycles. The molecule has 2 saturated heterocycles. The third-order valence-corrected chi connectivity index (χ3v) is 5.31. The number of likely N-dealkylation sites (N-methyl/N-ethyl adjacent to an activating group) is 1. The molecule has 1 N–H and O–H groups in total. The van der Waals surface area contributed by atoms with E-state index in [2.05, 4.69) is 16.3 Å². The van der Waals surface area contributed by atoms with Gasteiger partial charge in [-0.05, 0) is 50.0 Å². The number of carbonyl (C=O) groups excluding carboxylic acids is 2. The van der Waals surface area contributed by atoms with Crippen LogP contribution in [0.2, 0.25) is 5.02 Å². The number of nitrogens with one attached hydrogen (secondary N) is 1. The Hall–Kier alpha value is -1.59. The van der Waals surface area contributed by atoms with E-state index in [0.717, 1.165) is 18.7 Å². The normalized spacial score (nSPS) is 22.8. The van der Waals surface area contributed by atoms with Crippen LogP contribution in [0.15, 0.2) is 24.3 Å². The van der Waals surface area contributed by atoms with Gasteiger partial charge < -0.3 is 10.2 Å². The second kappa shape index (κ2) is 7.53. The SMILES string of the molecule is CN1C(=O)CCC1C(=O)NCC(c1cccc(Cl)c1)N1CCCC1. The Morgan fingerprint density at radius 2 is 2.12 bits per heavy atom. The molecular formula is C18H24ClN3O2. The van der Waals surface area contributed by atoms with E-state index in [0.29, 0.717) is 24.4 Å². The quantitative estimate of drug-likeness (QED) is 0.886. The Kier molecular flexibility index (Phi) is 5.41. The van der Waals surface area contributed by atoms with Gasteiger partial charge in [0.15, 0.2) is 0 Å². The van der Waals surface area contributed by atoms with Gasteiger partial charge in [0.25, 0.3) is 0 Å². The van der Waals surface area contributed by atoms with Crippen LogP contribution in [-0.4, -0.2) is 54.3 Å². The lowest BCUT2D eigenvalue weighted by Crippen LogP contribution is -2.45. The number of nitrogens with zero attached hydrogens (tertiary/aromatic N) is 2. The minimum absolute atomic E-state index is 0.0427. The van der Waals surface area contributed by atoms with Crippen molar-refractivity contribution in [1.29, 1.82) is 0 Å². The topological polar surface area (TPSA) is 52.7 Å². The molecule has 2 heterocycles. The van der Waals surface area contributed by atoms with Gasteiger partial charge in [-0.15, -0.1) is 0 Å². The third-order valence-electron chi connectivity index (χ3n) is 5.08. The Morgan fingerprint density at radius 1 is 1.38 bits per heavy atom. The van der Waals surface area contributed by atoms with E-state index >= 15 is 0 Å². The van der Waals surface area contributed by atoms with E-state index in [1.165, 1.54) is 12.8 Å². The maximum absolute atomic E-state index is 12.5. The predicted octanol–water partition coefficient (Wildman–Crippen LogP) is 2.21. The second-order valence-electron chi connectivity index (χ2n) is 6.62. The zero-order valence-corrected chi connectivity index (χ0v) is 14.8. The first-order valence-corrected chi connectivity index (χ1v) is 8.97. The van der Waals surface area contributed by atoms with Crippen LogP contribution in [0.3, 0.4) is 0 Å². The van der Waals surface area contributed by atoms with Crippen molar-refractivity contribution in [3.63, 3.8) is 0 Å². The molecule has 0 radical (unpaired) electrons. The molecule has 1 aromatic rings. The number of benzene rings is 1. The van der Waals surface area contributed by atoms with E-state index in [1.54, 1.807) is 11.9 Å². The van der Waals surface area contributed by atoms with E-state index < -0.39 is 0 Å². The van der Waals surface area contributed by atoms with Crippen molar-refractivity contribution in [2.75, 3.05) is 26.7 Å². The zero-order valence-electron chi connectivity index (χ0n) is 14.0. The number of hydrogen-bond acceptors (Lipinski definition) is 3. The van der Waals surface area contributed by atoms with Crippen LogP contribution >= 0.6 is 11.6 Å². The molecule has 2 atom stereocenters. The lowest BCUT2D eigenvalue weighted by atomic mass is 10.1. The average molecular weight is 350 g/mol. The summed E-state index contributed by atoms with van der Waals surface area (Å²) in [5.41, 5.74) is 1.13. The van der Waals surface area contributed by atoms with E-state index in [1.807, 2.05) is 18.2 Å². The van der Waals surface area contributed by atoms with Gasteiger partial charge in [0, 0.05) is 25.0 Å². The standard InChI is InChI=1S/C18H24ClN3O2/c1-21-15(7-8-17(21)23)18(24)20-12-16(22-9-2-3-10-22)13-5-4-6-14(19)11-13/h4-6,11,15-16H,2-3,7-10,12H2,1H3,(H,20,24). The summed E-state index contributed by atoms with van der Waals surface area (Å²) in [5.74, 6) is -0.0179. The molecule has 5 nitrogen and oxygen atoms in total. The van der Waals surface area contributed by atoms with Gasteiger partial charge >= 0.3 is 0 Å². The van der Waals surface area contributed by atoms with Crippen LogP contribution in [0.4, 0.5) is 0 Å². The van der Waals surface area contributed by atoms with Crippen LogP contribution < -0.4 is 5.32 Å². The smallest absolute Gasteiger partial charge is 0.242 e. The lowest BCUT2D eigenvalue weighted by molar-refractivity contribution is -0.134. The lowest BCUT2D eigenvalue weighted by Gasteiger charge is -2.29. The number of rotatable bonds is 5. The molecule has 6 heteroatoms. The highest BCUT2D eigenvalue weighted by atomic mass is 35.5. The maximum atomic E-state index is 12.5. The predicted molar refractivity (Wildman–Crippen MR) is 93.8 cm³/mol. The number of halogens is 1. The summed E-state index contributed by atoms with van der Waals surface area (Å²) in [6.07, 6.45) is 3.43. The Morgan fingerprint density at radius 3 is 2.75 bits per heavy atom. The van der Waals surface area contributed by atoms with E-state index in [-0.39, 0.29) is 23.9 Å². The zero-order chi connectivity index (χ0) is 17.1. The summed E-state index contributed by atoms with van der Waals surface area (Å²) in [4.78, 5) is 28.0. The molecule has 2 aliphatic rings. The highest BCUT2D eigenvalue weighted by molar-refractivity contribution is 6.30. The average Bonchev–Trinajstić information content (AvgIpc) is 3.19. The number of likely N-dealkylation sites (tertiary alicyclic amines) is 2. The molecule has 130 valence electrons. The van der Waals surface area contributed by atoms with Crippen LogP contribution in [0, 0.1) is 0 Å². The molecule has 24 heavy (non-hydrogen) atoms. The second-order valence-corrected chi connectivity index (χ2v) is 7.05. The first-order chi connectivity index (χ1) is 11.6. The van der Waals surface area contributed by atoms with Crippen molar-refractivity contribution in [3.8, 4) is 0 Å². The fourth-order valence-corrected chi connectivity index (χ4v) is 3.85. The fraction of sp³-hybridized carbons (Fsp3) is 0.556. The van der Waals surface area contributed by atoms with E-state index in [4.69, 9.17) is 11.6 Å². The van der Waals surface area contributed by atoms with Crippen LogP contribution in [0.1, 0.15) is 37.3 Å². The highest BCUT2D eigenvalue weighted by Gasteiger charge is 2.34. The minimum Gasteiger partial charge on any atom is -0.352 e. The summed E-state index contributed by atoms with van der Waals surface area (Å²) in [5, 5.41) is 3.77. The van der Waals surface area contributed by atoms with Gasteiger partial charge in [0.2, 0.25) is 11.8 Å². The van der Waals surface area contributed by atoms with Gasteiger partial charge in [-0.25, -0.2) is 0 Å². The monoisotopic (exact) mass is 349 g/mol. The van der Waals surface area contributed by atoms with Crippen molar-refractivity contribution in [1.82, 2.24) is 15.1 Å². The Balaban J connectivity index is 1.68. The van der Waals surface area contributed by atoms with Crippen LogP contribution in [-0.2, 0) is 9.59 Å². The van der Waals surface area contributed by atoms with Crippen LogP contribution in [0.5, 0.6) is 0 Å². The van der Waals surface area contributed by atoms with E-state index in [9.17, 15) is 9.59 Å². The molecule has 2 amide bonds.